The van der Waals surface area contributed by atoms with E-state index in [2.05, 4.69) is 13.8 Å². The summed E-state index contributed by atoms with van der Waals surface area (Å²) in [6.07, 6.45) is 1.44. The number of hydrogen-bond donors (Lipinski definition) is 1. The number of rotatable bonds is 3. The van der Waals surface area contributed by atoms with Gasteiger partial charge >= 0.3 is 0 Å². The molecule has 1 heterocycles. The summed E-state index contributed by atoms with van der Waals surface area (Å²) >= 11 is 6.20. The van der Waals surface area contributed by atoms with Gasteiger partial charge in [0.2, 0.25) is 0 Å². The lowest BCUT2D eigenvalue weighted by atomic mass is 9.97. The van der Waals surface area contributed by atoms with Crippen molar-refractivity contribution in [2.45, 2.75) is 26.7 Å². The summed E-state index contributed by atoms with van der Waals surface area (Å²) in [6.45, 7) is 5.62. The third kappa shape index (κ3) is 3.09. The normalized spacial score (nSPS) is 17.3. The van der Waals surface area contributed by atoms with Gasteiger partial charge in [0.15, 0.2) is 11.5 Å². The number of fused-ring (bicyclic) bond motifs is 1. The van der Waals surface area contributed by atoms with E-state index in [1.807, 2.05) is 12.1 Å². The molecule has 0 aliphatic carbocycles. The second kappa shape index (κ2) is 5.37. The SMILES string of the molecule is CC1(C)COc2cc(Cl)c(CCCO)cc2OC1. The van der Waals surface area contributed by atoms with Crippen LogP contribution in [0.2, 0.25) is 5.02 Å². The molecular weight excluding hydrogens is 252 g/mol. The maximum absolute atomic E-state index is 8.87. The first kappa shape index (κ1) is 13.5. The third-order valence-corrected chi connectivity index (χ3v) is 3.31. The summed E-state index contributed by atoms with van der Waals surface area (Å²) in [5.74, 6) is 1.45. The maximum Gasteiger partial charge on any atom is 0.162 e. The van der Waals surface area contributed by atoms with Gasteiger partial charge in [-0.25, -0.2) is 0 Å². The lowest BCUT2D eigenvalue weighted by Gasteiger charge is -2.19. The Morgan fingerprint density at radius 3 is 2.44 bits per heavy atom. The van der Waals surface area contributed by atoms with Crippen molar-refractivity contribution in [3.63, 3.8) is 0 Å². The Bertz CT molecular complexity index is 429. The lowest BCUT2D eigenvalue weighted by molar-refractivity contribution is 0.140. The topological polar surface area (TPSA) is 38.7 Å². The van der Waals surface area contributed by atoms with Crippen molar-refractivity contribution >= 4 is 11.6 Å². The highest BCUT2D eigenvalue weighted by atomic mass is 35.5. The van der Waals surface area contributed by atoms with Gasteiger partial charge in [-0.05, 0) is 24.5 Å². The van der Waals surface area contributed by atoms with Gasteiger partial charge in [-0.15, -0.1) is 0 Å². The molecule has 0 unspecified atom stereocenters. The largest absolute Gasteiger partial charge is 0.489 e. The molecule has 3 nitrogen and oxygen atoms in total. The molecule has 4 heteroatoms. The van der Waals surface area contributed by atoms with Crippen molar-refractivity contribution < 1.29 is 14.6 Å². The summed E-state index contributed by atoms with van der Waals surface area (Å²) in [5.41, 5.74) is 0.990. The Hall–Kier alpha value is -0.930. The van der Waals surface area contributed by atoms with Gasteiger partial charge in [0.25, 0.3) is 0 Å². The van der Waals surface area contributed by atoms with Crippen molar-refractivity contribution in [1.29, 1.82) is 0 Å². The first-order chi connectivity index (χ1) is 8.52. The molecule has 1 aliphatic heterocycles. The fourth-order valence-electron chi connectivity index (χ4n) is 1.85. The molecule has 0 saturated carbocycles. The molecule has 2 rings (SSSR count). The smallest absolute Gasteiger partial charge is 0.162 e. The van der Waals surface area contributed by atoms with E-state index in [-0.39, 0.29) is 12.0 Å². The molecule has 0 fully saturated rings. The quantitative estimate of drug-likeness (QED) is 0.917. The average molecular weight is 271 g/mol. The predicted molar refractivity (Wildman–Crippen MR) is 71.6 cm³/mol. The zero-order valence-electron chi connectivity index (χ0n) is 10.8. The maximum atomic E-state index is 8.87. The Balaban J connectivity index is 2.24. The van der Waals surface area contributed by atoms with E-state index in [0.717, 1.165) is 17.7 Å². The number of benzene rings is 1. The minimum absolute atomic E-state index is 0.00322. The lowest BCUT2D eigenvalue weighted by Crippen LogP contribution is -2.26. The Labute approximate surface area is 113 Å². The number of aliphatic hydroxyl groups excluding tert-OH is 1. The zero-order valence-corrected chi connectivity index (χ0v) is 11.6. The van der Waals surface area contributed by atoms with E-state index in [4.69, 9.17) is 26.2 Å². The Morgan fingerprint density at radius 2 is 1.83 bits per heavy atom. The molecule has 0 saturated heterocycles. The number of ether oxygens (including phenoxy) is 2. The number of aliphatic hydroxyl groups is 1. The van der Waals surface area contributed by atoms with Crippen LogP contribution in [0.1, 0.15) is 25.8 Å². The van der Waals surface area contributed by atoms with Crippen LogP contribution in [0.25, 0.3) is 0 Å². The second-order valence-corrected chi connectivity index (χ2v) is 5.87. The molecule has 0 radical (unpaired) electrons. The first-order valence-corrected chi connectivity index (χ1v) is 6.58. The summed E-state index contributed by atoms with van der Waals surface area (Å²) in [6, 6.07) is 3.74. The van der Waals surface area contributed by atoms with Crippen LogP contribution in [0.5, 0.6) is 11.5 Å². The van der Waals surface area contributed by atoms with E-state index in [1.165, 1.54) is 0 Å². The van der Waals surface area contributed by atoms with Crippen LogP contribution in [0.4, 0.5) is 0 Å². The molecule has 0 atom stereocenters. The van der Waals surface area contributed by atoms with Crippen LogP contribution in [0.15, 0.2) is 12.1 Å². The van der Waals surface area contributed by atoms with Gasteiger partial charge in [-0.3, -0.25) is 0 Å². The van der Waals surface area contributed by atoms with Crippen LogP contribution >= 0.6 is 11.6 Å². The van der Waals surface area contributed by atoms with Gasteiger partial charge in [-0.2, -0.15) is 0 Å². The monoisotopic (exact) mass is 270 g/mol. The molecule has 0 amide bonds. The van der Waals surface area contributed by atoms with Crippen LogP contribution in [-0.4, -0.2) is 24.9 Å². The van der Waals surface area contributed by atoms with E-state index in [1.54, 1.807) is 0 Å². The van der Waals surface area contributed by atoms with Crippen LogP contribution in [0, 0.1) is 5.41 Å². The molecule has 1 aromatic carbocycles. The van der Waals surface area contributed by atoms with Crippen molar-refractivity contribution in [2.24, 2.45) is 5.41 Å². The van der Waals surface area contributed by atoms with Crippen LogP contribution < -0.4 is 9.47 Å². The minimum atomic E-state index is -0.00322. The number of aryl methyl sites for hydroxylation is 1. The second-order valence-electron chi connectivity index (χ2n) is 5.46. The van der Waals surface area contributed by atoms with Crippen LogP contribution in [0.3, 0.4) is 0 Å². The Kier molecular flexibility index (Phi) is 4.03. The van der Waals surface area contributed by atoms with Gasteiger partial charge in [0.1, 0.15) is 0 Å². The number of hydrogen-bond acceptors (Lipinski definition) is 3. The predicted octanol–water partition coefficient (Wildman–Crippen LogP) is 3.06. The highest BCUT2D eigenvalue weighted by Gasteiger charge is 2.25. The fraction of sp³-hybridized carbons (Fsp3) is 0.571. The highest BCUT2D eigenvalue weighted by molar-refractivity contribution is 6.31. The molecule has 0 spiro atoms. The molecule has 18 heavy (non-hydrogen) atoms. The van der Waals surface area contributed by atoms with Crippen molar-refractivity contribution in [3.8, 4) is 11.5 Å². The molecule has 0 aromatic heterocycles. The van der Waals surface area contributed by atoms with Gasteiger partial charge in [-0.1, -0.05) is 25.4 Å². The average Bonchev–Trinajstić information content (AvgIpc) is 2.46. The third-order valence-electron chi connectivity index (χ3n) is 2.95. The zero-order chi connectivity index (χ0) is 13.2. The summed E-state index contributed by atoms with van der Waals surface area (Å²) in [7, 11) is 0. The molecule has 1 N–H and O–H groups in total. The first-order valence-electron chi connectivity index (χ1n) is 6.21. The van der Waals surface area contributed by atoms with Crippen LogP contribution in [-0.2, 0) is 6.42 Å². The van der Waals surface area contributed by atoms with Gasteiger partial charge < -0.3 is 14.6 Å². The molecule has 100 valence electrons. The summed E-state index contributed by atoms with van der Waals surface area (Å²) < 4.78 is 11.5. The van der Waals surface area contributed by atoms with E-state index >= 15 is 0 Å². The molecule has 0 bridgehead atoms. The van der Waals surface area contributed by atoms with Crippen molar-refractivity contribution in [2.75, 3.05) is 19.8 Å². The Morgan fingerprint density at radius 1 is 1.22 bits per heavy atom. The minimum Gasteiger partial charge on any atom is -0.489 e. The van der Waals surface area contributed by atoms with Gasteiger partial charge in [0, 0.05) is 23.1 Å². The fourth-order valence-corrected chi connectivity index (χ4v) is 2.10. The molecule has 1 aromatic rings. The van der Waals surface area contributed by atoms with E-state index in [9.17, 15) is 0 Å². The summed E-state index contributed by atoms with van der Waals surface area (Å²) in [4.78, 5) is 0. The van der Waals surface area contributed by atoms with Crippen molar-refractivity contribution in [1.82, 2.24) is 0 Å². The van der Waals surface area contributed by atoms with E-state index < -0.39 is 0 Å². The van der Waals surface area contributed by atoms with Gasteiger partial charge in [0.05, 0.1) is 13.2 Å². The van der Waals surface area contributed by atoms with Crippen molar-refractivity contribution in [3.05, 3.63) is 22.7 Å². The van der Waals surface area contributed by atoms with E-state index in [0.29, 0.717) is 30.4 Å². The summed E-state index contributed by atoms with van der Waals surface area (Å²) in [5, 5.41) is 9.54. The standard InChI is InChI=1S/C14H19ClO3/c1-14(2)8-17-12-6-10(4-3-5-16)11(15)7-13(12)18-9-14/h6-7,16H,3-5,8-9H2,1-2H3. The number of halogens is 1. The molecular formula is C14H19ClO3. The highest BCUT2D eigenvalue weighted by Crippen LogP contribution is 2.37. The molecule has 1 aliphatic rings.